The van der Waals surface area contributed by atoms with Crippen molar-refractivity contribution in [3.63, 3.8) is 0 Å². The predicted molar refractivity (Wildman–Crippen MR) is 87.8 cm³/mol. The quantitative estimate of drug-likeness (QED) is 0.873. The summed E-state index contributed by atoms with van der Waals surface area (Å²) in [6.45, 7) is 7.86. The van der Waals surface area contributed by atoms with E-state index in [1.54, 1.807) is 6.20 Å². The van der Waals surface area contributed by atoms with Crippen molar-refractivity contribution in [2.24, 2.45) is 5.92 Å². The lowest BCUT2D eigenvalue weighted by molar-refractivity contribution is 0.0923. The molecule has 0 radical (unpaired) electrons. The topological polar surface area (TPSA) is 82.2 Å². The Morgan fingerprint density at radius 3 is 2.96 bits per heavy atom. The molecule has 0 bridgehead atoms. The highest BCUT2D eigenvalue weighted by Crippen LogP contribution is 2.20. The number of ether oxygens (including phenoxy) is 1. The molecule has 1 aliphatic rings. The molecule has 2 atom stereocenters. The summed E-state index contributed by atoms with van der Waals surface area (Å²) in [4.78, 5) is 12.6. The van der Waals surface area contributed by atoms with Crippen LogP contribution in [-0.2, 0) is 17.7 Å². The zero-order valence-electron chi connectivity index (χ0n) is 14.4. The van der Waals surface area contributed by atoms with E-state index in [1.807, 2.05) is 24.6 Å². The predicted octanol–water partition coefficient (Wildman–Crippen LogP) is 1.89. The number of nitrogens with zero attached hydrogens (tertiary/aromatic N) is 3. The summed E-state index contributed by atoms with van der Waals surface area (Å²) < 4.78 is 12.7. The summed E-state index contributed by atoms with van der Waals surface area (Å²) in [5, 5.41) is 11.3. The minimum absolute atomic E-state index is 0.0307. The number of hydrogen-bond acceptors (Lipinski definition) is 5. The highest BCUT2D eigenvalue weighted by atomic mass is 16.5. The van der Waals surface area contributed by atoms with Gasteiger partial charge in [-0.3, -0.25) is 9.48 Å². The Bertz CT molecular complexity index is 707. The maximum atomic E-state index is 12.6. The zero-order valence-corrected chi connectivity index (χ0v) is 14.4. The Labute approximate surface area is 141 Å². The van der Waals surface area contributed by atoms with E-state index < -0.39 is 0 Å². The molecule has 1 saturated heterocycles. The highest BCUT2D eigenvalue weighted by Gasteiger charge is 2.31. The number of hydrogen-bond donors (Lipinski definition) is 1. The minimum Gasteiger partial charge on any atom is -0.379 e. The molecule has 3 heterocycles. The van der Waals surface area contributed by atoms with Crippen LogP contribution in [0, 0.1) is 19.8 Å². The fraction of sp³-hybridized carbons (Fsp3) is 0.588. The molecule has 130 valence electrons. The maximum Gasteiger partial charge on any atom is 0.255 e. The van der Waals surface area contributed by atoms with E-state index in [9.17, 15) is 4.79 Å². The smallest absolute Gasteiger partial charge is 0.255 e. The molecule has 1 N–H and O–H groups in total. The van der Waals surface area contributed by atoms with E-state index in [4.69, 9.17) is 9.26 Å². The molecule has 1 aliphatic heterocycles. The van der Waals surface area contributed by atoms with Crippen LogP contribution in [0.25, 0.3) is 0 Å². The largest absolute Gasteiger partial charge is 0.379 e. The highest BCUT2D eigenvalue weighted by molar-refractivity contribution is 5.95. The Morgan fingerprint density at radius 1 is 1.42 bits per heavy atom. The molecule has 7 heteroatoms. The number of carbonyl (C=O) groups excluding carboxylic acids is 1. The maximum absolute atomic E-state index is 12.6. The molecule has 24 heavy (non-hydrogen) atoms. The molecule has 2 aromatic rings. The van der Waals surface area contributed by atoms with Crippen LogP contribution in [0.5, 0.6) is 0 Å². The van der Waals surface area contributed by atoms with E-state index in [1.165, 1.54) is 0 Å². The summed E-state index contributed by atoms with van der Waals surface area (Å²) in [5.41, 5.74) is 2.39. The van der Waals surface area contributed by atoms with Crippen molar-refractivity contribution in [1.29, 1.82) is 0 Å². The van der Waals surface area contributed by atoms with E-state index in [0.29, 0.717) is 25.2 Å². The Hall–Kier alpha value is -2.15. The lowest BCUT2D eigenvalue weighted by Gasteiger charge is -2.18. The van der Waals surface area contributed by atoms with Gasteiger partial charge in [-0.1, -0.05) is 12.1 Å². The molecule has 1 amide bonds. The third-order valence-corrected chi connectivity index (χ3v) is 4.44. The molecule has 0 aromatic carbocycles. The van der Waals surface area contributed by atoms with Crippen molar-refractivity contribution in [3.05, 3.63) is 35.0 Å². The van der Waals surface area contributed by atoms with Crippen molar-refractivity contribution in [3.8, 4) is 0 Å². The van der Waals surface area contributed by atoms with Crippen LogP contribution in [0.1, 0.15) is 40.9 Å². The second-order valence-corrected chi connectivity index (χ2v) is 6.38. The number of aryl methyl sites for hydroxylation is 2. The van der Waals surface area contributed by atoms with Gasteiger partial charge in [0.15, 0.2) is 0 Å². The first-order valence-electron chi connectivity index (χ1n) is 8.41. The first-order chi connectivity index (χ1) is 11.6. The van der Waals surface area contributed by atoms with Gasteiger partial charge in [-0.15, -0.1) is 0 Å². The fourth-order valence-electron chi connectivity index (χ4n) is 3.08. The third kappa shape index (κ3) is 3.51. The van der Waals surface area contributed by atoms with Crippen molar-refractivity contribution < 1.29 is 14.1 Å². The SMILES string of the molecule is CCCn1ncc(C(=O)N[C@@H]2COC[C@@H]2Cc2cc(C)no2)c1C. The number of nitrogens with one attached hydrogen (secondary N) is 1. The van der Waals surface area contributed by atoms with Crippen LogP contribution in [-0.4, -0.2) is 40.1 Å². The number of rotatable bonds is 6. The Morgan fingerprint density at radius 2 is 2.25 bits per heavy atom. The van der Waals surface area contributed by atoms with Crippen LogP contribution < -0.4 is 5.32 Å². The summed E-state index contributed by atoms with van der Waals surface area (Å²) in [7, 11) is 0. The first kappa shape index (κ1) is 16.7. The zero-order chi connectivity index (χ0) is 17.1. The van der Waals surface area contributed by atoms with Gasteiger partial charge in [0.1, 0.15) is 5.76 Å². The van der Waals surface area contributed by atoms with Crippen LogP contribution in [0.2, 0.25) is 0 Å². The lowest BCUT2D eigenvalue weighted by Crippen LogP contribution is -2.40. The molecule has 0 saturated carbocycles. The molecular formula is C17H24N4O3. The fourth-order valence-corrected chi connectivity index (χ4v) is 3.08. The molecule has 7 nitrogen and oxygen atoms in total. The molecule has 2 aromatic heterocycles. The van der Waals surface area contributed by atoms with Gasteiger partial charge in [-0.05, 0) is 20.3 Å². The summed E-state index contributed by atoms with van der Waals surface area (Å²) in [5.74, 6) is 0.922. The third-order valence-electron chi connectivity index (χ3n) is 4.44. The minimum atomic E-state index is -0.0934. The number of aromatic nitrogens is 3. The van der Waals surface area contributed by atoms with Crippen molar-refractivity contribution >= 4 is 5.91 Å². The summed E-state index contributed by atoms with van der Waals surface area (Å²) in [6, 6.07) is 1.90. The monoisotopic (exact) mass is 332 g/mol. The van der Waals surface area contributed by atoms with Gasteiger partial charge in [0.25, 0.3) is 5.91 Å². The molecule has 0 aliphatic carbocycles. The summed E-state index contributed by atoms with van der Waals surface area (Å²) in [6.07, 6.45) is 3.34. The van der Waals surface area contributed by atoms with Crippen molar-refractivity contribution in [2.75, 3.05) is 13.2 Å². The summed E-state index contributed by atoms with van der Waals surface area (Å²) >= 11 is 0. The van der Waals surface area contributed by atoms with Crippen LogP contribution in [0.15, 0.2) is 16.8 Å². The van der Waals surface area contributed by atoms with Gasteiger partial charge >= 0.3 is 0 Å². The number of carbonyl (C=O) groups is 1. The van der Waals surface area contributed by atoms with Gasteiger partial charge in [0.2, 0.25) is 0 Å². The van der Waals surface area contributed by atoms with Crippen LogP contribution in [0.4, 0.5) is 0 Å². The second kappa shape index (κ2) is 7.17. The van der Waals surface area contributed by atoms with Gasteiger partial charge in [-0.25, -0.2) is 0 Å². The average Bonchev–Trinajstić information content (AvgIpc) is 3.24. The molecular weight excluding hydrogens is 308 g/mol. The van der Waals surface area contributed by atoms with Crippen molar-refractivity contribution in [1.82, 2.24) is 20.3 Å². The van der Waals surface area contributed by atoms with Gasteiger partial charge < -0.3 is 14.6 Å². The molecule has 1 fully saturated rings. The van der Waals surface area contributed by atoms with E-state index in [-0.39, 0.29) is 17.9 Å². The van der Waals surface area contributed by atoms with Gasteiger partial charge in [-0.2, -0.15) is 5.10 Å². The normalized spacial score (nSPS) is 20.5. The van der Waals surface area contributed by atoms with E-state index in [2.05, 4.69) is 22.5 Å². The Kier molecular flexibility index (Phi) is 4.99. The lowest BCUT2D eigenvalue weighted by atomic mass is 9.98. The molecule has 0 unspecified atom stereocenters. The van der Waals surface area contributed by atoms with Gasteiger partial charge in [0, 0.05) is 30.6 Å². The average molecular weight is 332 g/mol. The van der Waals surface area contributed by atoms with E-state index in [0.717, 1.165) is 30.1 Å². The Balaban J connectivity index is 1.64. The molecule has 3 rings (SSSR count). The van der Waals surface area contributed by atoms with Gasteiger partial charge in [0.05, 0.1) is 36.7 Å². The number of amides is 1. The van der Waals surface area contributed by atoms with Crippen LogP contribution in [0.3, 0.4) is 0 Å². The first-order valence-corrected chi connectivity index (χ1v) is 8.41. The van der Waals surface area contributed by atoms with Crippen LogP contribution >= 0.6 is 0 Å². The van der Waals surface area contributed by atoms with E-state index >= 15 is 0 Å². The standard InChI is InChI=1S/C17H24N4O3/c1-4-5-21-12(3)15(8-18-21)17(22)19-16-10-23-9-13(16)7-14-6-11(2)20-24-14/h6,8,13,16H,4-5,7,9-10H2,1-3H3,(H,19,22)/t13-,16+/m0/s1. The molecule has 0 spiro atoms. The second-order valence-electron chi connectivity index (χ2n) is 6.38. The van der Waals surface area contributed by atoms with Crippen molar-refractivity contribution in [2.45, 2.75) is 46.2 Å².